The fraction of sp³-hybridized carbons (Fsp3) is 0.212. The molecule has 1 saturated heterocycles. The Morgan fingerprint density at radius 3 is 2.10 bits per heavy atom. The van der Waals surface area contributed by atoms with E-state index in [1.54, 1.807) is 0 Å². The molecule has 0 atom stereocenters. The SMILES string of the molecule is O=c1[nH]c(CN2CCN(Cc3ccccc3)CC2)nc2cc(-c3cn(Cc4ccccc4)c4ccccc34)sc12. The monoisotopic (exact) mass is 545 g/mol. The van der Waals surface area contributed by atoms with Crippen LogP contribution in [0.4, 0.5) is 0 Å². The lowest BCUT2D eigenvalue weighted by atomic mass is 10.1. The Bertz CT molecular complexity index is 1810. The van der Waals surface area contributed by atoms with Crippen LogP contribution >= 0.6 is 11.3 Å². The fourth-order valence-corrected chi connectivity index (χ4v) is 6.72. The van der Waals surface area contributed by atoms with Crippen LogP contribution in [0.3, 0.4) is 0 Å². The molecular weight excluding hydrogens is 514 g/mol. The largest absolute Gasteiger partial charge is 0.342 e. The lowest BCUT2D eigenvalue weighted by Crippen LogP contribution is -2.45. The summed E-state index contributed by atoms with van der Waals surface area (Å²) in [5, 5.41) is 1.19. The standard InChI is InChI=1S/C33H31N5OS/c39-33-32-28(34-31(35-33)23-37-17-15-36(16-18-37)20-24-9-3-1-4-10-24)19-30(40-32)27-22-38(21-25-11-5-2-6-12-25)29-14-8-7-13-26(27)29/h1-14,19,22H,15-18,20-21,23H2,(H,34,35,39). The van der Waals surface area contributed by atoms with E-state index in [4.69, 9.17) is 4.98 Å². The number of H-pyrrole nitrogens is 1. The van der Waals surface area contributed by atoms with Crippen molar-refractivity contribution >= 4 is 32.5 Å². The first-order valence-corrected chi connectivity index (χ1v) is 14.6. The van der Waals surface area contributed by atoms with E-state index >= 15 is 0 Å². The van der Waals surface area contributed by atoms with Crippen LogP contribution < -0.4 is 5.56 Å². The quantitative estimate of drug-likeness (QED) is 0.269. The lowest BCUT2D eigenvalue weighted by Gasteiger charge is -2.34. The van der Waals surface area contributed by atoms with Gasteiger partial charge < -0.3 is 9.55 Å². The molecule has 7 rings (SSSR count). The minimum Gasteiger partial charge on any atom is -0.342 e. The zero-order chi connectivity index (χ0) is 26.9. The Morgan fingerprint density at radius 1 is 0.750 bits per heavy atom. The van der Waals surface area contributed by atoms with Gasteiger partial charge in [0.15, 0.2) is 0 Å². The van der Waals surface area contributed by atoms with Gasteiger partial charge in [0, 0.05) is 66.8 Å². The second kappa shape index (κ2) is 10.8. The van der Waals surface area contributed by atoms with Gasteiger partial charge >= 0.3 is 0 Å². The summed E-state index contributed by atoms with van der Waals surface area (Å²) in [5.41, 5.74) is 5.67. The Labute approximate surface area is 237 Å². The number of rotatable bonds is 7. The molecule has 3 aromatic carbocycles. The number of benzene rings is 3. The van der Waals surface area contributed by atoms with E-state index in [-0.39, 0.29) is 5.56 Å². The maximum atomic E-state index is 13.1. The molecular formula is C33H31N5OS. The van der Waals surface area contributed by atoms with Gasteiger partial charge in [0.1, 0.15) is 10.5 Å². The van der Waals surface area contributed by atoms with Gasteiger partial charge in [0.05, 0.1) is 12.1 Å². The number of piperazine rings is 1. The van der Waals surface area contributed by atoms with E-state index in [9.17, 15) is 4.79 Å². The van der Waals surface area contributed by atoms with Crippen molar-refractivity contribution in [2.75, 3.05) is 26.2 Å². The van der Waals surface area contributed by atoms with Crippen LogP contribution in [0, 0.1) is 0 Å². The summed E-state index contributed by atoms with van der Waals surface area (Å²) in [6.07, 6.45) is 2.21. The summed E-state index contributed by atoms with van der Waals surface area (Å²) in [5.74, 6) is 0.741. The summed E-state index contributed by atoms with van der Waals surface area (Å²) in [6, 6.07) is 31.7. The molecule has 200 valence electrons. The first-order chi connectivity index (χ1) is 19.7. The van der Waals surface area contributed by atoms with E-state index < -0.39 is 0 Å². The molecule has 0 aliphatic carbocycles. The van der Waals surface area contributed by atoms with E-state index in [1.807, 2.05) is 6.07 Å². The number of aromatic amines is 1. The minimum atomic E-state index is -0.0491. The molecule has 0 radical (unpaired) electrons. The van der Waals surface area contributed by atoms with Crippen molar-refractivity contribution in [3.8, 4) is 10.4 Å². The number of hydrogen-bond donors (Lipinski definition) is 1. The van der Waals surface area contributed by atoms with Crippen molar-refractivity contribution in [1.29, 1.82) is 0 Å². The van der Waals surface area contributed by atoms with Crippen LogP contribution in [0.2, 0.25) is 0 Å². The second-order valence-corrected chi connectivity index (χ2v) is 11.6. The molecule has 0 spiro atoms. The average molecular weight is 546 g/mol. The molecule has 1 N–H and O–H groups in total. The van der Waals surface area contributed by atoms with Crippen LogP contribution in [-0.2, 0) is 19.6 Å². The average Bonchev–Trinajstić information content (AvgIpc) is 3.57. The number of fused-ring (bicyclic) bond motifs is 2. The highest BCUT2D eigenvalue weighted by Gasteiger charge is 2.20. The molecule has 0 unspecified atom stereocenters. The molecule has 1 aliphatic heterocycles. The zero-order valence-corrected chi connectivity index (χ0v) is 23.1. The van der Waals surface area contributed by atoms with E-state index in [0.717, 1.165) is 61.1 Å². The van der Waals surface area contributed by atoms with Crippen LogP contribution in [0.15, 0.2) is 102 Å². The number of hydrogen-bond acceptors (Lipinski definition) is 5. The first kappa shape index (κ1) is 25.0. The molecule has 40 heavy (non-hydrogen) atoms. The minimum absolute atomic E-state index is 0.0491. The number of aromatic nitrogens is 3. The molecule has 1 fully saturated rings. The van der Waals surface area contributed by atoms with E-state index in [2.05, 4.69) is 110 Å². The molecule has 6 aromatic rings. The summed E-state index contributed by atoms with van der Waals surface area (Å²) >= 11 is 1.53. The first-order valence-electron chi connectivity index (χ1n) is 13.8. The van der Waals surface area contributed by atoms with Gasteiger partial charge in [-0.3, -0.25) is 14.6 Å². The predicted molar refractivity (Wildman–Crippen MR) is 164 cm³/mol. The van der Waals surface area contributed by atoms with Crippen molar-refractivity contribution in [3.05, 3.63) is 124 Å². The smallest absolute Gasteiger partial charge is 0.268 e. The van der Waals surface area contributed by atoms with Crippen molar-refractivity contribution in [2.24, 2.45) is 0 Å². The highest BCUT2D eigenvalue weighted by molar-refractivity contribution is 7.22. The maximum absolute atomic E-state index is 13.1. The molecule has 0 bridgehead atoms. The molecule has 0 amide bonds. The highest BCUT2D eigenvalue weighted by atomic mass is 32.1. The van der Waals surface area contributed by atoms with Gasteiger partial charge in [-0.25, -0.2) is 4.98 Å². The Morgan fingerprint density at radius 2 is 1.38 bits per heavy atom. The molecule has 3 aromatic heterocycles. The maximum Gasteiger partial charge on any atom is 0.268 e. The van der Waals surface area contributed by atoms with Crippen molar-refractivity contribution < 1.29 is 0 Å². The second-order valence-electron chi connectivity index (χ2n) is 10.5. The Hall–Kier alpha value is -4.04. The molecule has 1 aliphatic rings. The molecule has 0 saturated carbocycles. The van der Waals surface area contributed by atoms with E-state index in [1.165, 1.54) is 33.4 Å². The van der Waals surface area contributed by atoms with E-state index in [0.29, 0.717) is 11.2 Å². The summed E-state index contributed by atoms with van der Waals surface area (Å²) < 4.78 is 2.98. The van der Waals surface area contributed by atoms with Gasteiger partial charge in [-0.15, -0.1) is 11.3 Å². The topological polar surface area (TPSA) is 57.2 Å². The van der Waals surface area contributed by atoms with Gasteiger partial charge in [-0.1, -0.05) is 78.9 Å². The number of thiophene rings is 1. The van der Waals surface area contributed by atoms with Crippen LogP contribution in [-0.4, -0.2) is 50.5 Å². The van der Waals surface area contributed by atoms with Gasteiger partial charge in [0.2, 0.25) is 0 Å². The third-order valence-electron chi connectivity index (χ3n) is 7.77. The van der Waals surface area contributed by atoms with Crippen molar-refractivity contribution in [3.63, 3.8) is 0 Å². The van der Waals surface area contributed by atoms with Crippen molar-refractivity contribution in [1.82, 2.24) is 24.3 Å². The summed E-state index contributed by atoms with van der Waals surface area (Å²) in [6.45, 7) is 6.39. The predicted octanol–water partition coefficient (Wildman–Crippen LogP) is 5.97. The van der Waals surface area contributed by atoms with Crippen LogP contribution in [0.1, 0.15) is 17.0 Å². The number of nitrogens with one attached hydrogen (secondary N) is 1. The third-order valence-corrected chi connectivity index (χ3v) is 8.93. The Balaban J connectivity index is 1.11. The van der Waals surface area contributed by atoms with Crippen LogP contribution in [0.25, 0.3) is 31.6 Å². The lowest BCUT2D eigenvalue weighted by molar-refractivity contribution is 0.120. The van der Waals surface area contributed by atoms with Gasteiger partial charge in [-0.05, 0) is 23.3 Å². The highest BCUT2D eigenvalue weighted by Crippen LogP contribution is 2.37. The molecule has 7 heteroatoms. The molecule has 6 nitrogen and oxygen atoms in total. The van der Waals surface area contributed by atoms with Gasteiger partial charge in [-0.2, -0.15) is 0 Å². The molecule has 4 heterocycles. The summed E-state index contributed by atoms with van der Waals surface area (Å²) in [7, 11) is 0. The fourth-order valence-electron chi connectivity index (χ4n) is 5.71. The zero-order valence-electron chi connectivity index (χ0n) is 22.3. The van der Waals surface area contributed by atoms with Crippen LogP contribution in [0.5, 0.6) is 0 Å². The van der Waals surface area contributed by atoms with Crippen molar-refractivity contribution in [2.45, 2.75) is 19.6 Å². The Kier molecular flexibility index (Phi) is 6.77. The number of nitrogens with zero attached hydrogens (tertiary/aromatic N) is 4. The number of para-hydroxylation sites is 1. The van der Waals surface area contributed by atoms with Gasteiger partial charge in [0.25, 0.3) is 5.56 Å². The normalized spacial score (nSPS) is 14.8. The third kappa shape index (κ3) is 5.11. The summed E-state index contributed by atoms with van der Waals surface area (Å²) in [4.78, 5) is 27.1.